The van der Waals surface area contributed by atoms with Gasteiger partial charge in [-0.15, -0.1) is 11.3 Å². The summed E-state index contributed by atoms with van der Waals surface area (Å²) in [5, 5.41) is 11.3. The highest BCUT2D eigenvalue weighted by molar-refractivity contribution is 7.14. The molecule has 0 aliphatic carbocycles. The van der Waals surface area contributed by atoms with Crippen molar-refractivity contribution in [1.82, 2.24) is 4.90 Å². The highest BCUT2D eigenvalue weighted by Gasteiger charge is 2.34. The molecule has 2 aromatic rings. The van der Waals surface area contributed by atoms with E-state index in [-0.39, 0.29) is 11.6 Å². The fourth-order valence-electron chi connectivity index (χ4n) is 3.10. The van der Waals surface area contributed by atoms with Crippen LogP contribution in [0.15, 0.2) is 24.3 Å². The van der Waals surface area contributed by atoms with Gasteiger partial charge in [0.15, 0.2) is 0 Å². The van der Waals surface area contributed by atoms with Crippen LogP contribution in [0, 0.1) is 24.0 Å². The lowest BCUT2D eigenvalue weighted by molar-refractivity contribution is -0.384. The standard InChI is InChI=1S/C18H18F3N3O3S/c1-11-9-16(28-12(11)2)17(25)23-7-5-22(6-8-23)14-4-3-13(18(19,20)21)10-15(14)24(26)27/h3-4,9-10H,5-8H2,1-2H3. The van der Waals surface area contributed by atoms with Crippen LogP contribution >= 0.6 is 11.3 Å². The Morgan fingerprint density at radius 2 is 1.79 bits per heavy atom. The Labute approximate surface area is 163 Å². The molecule has 28 heavy (non-hydrogen) atoms. The van der Waals surface area contributed by atoms with Gasteiger partial charge in [-0.3, -0.25) is 14.9 Å². The number of anilines is 1. The Kier molecular flexibility index (Phi) is 5.33. The Morgan fingerprint density at radius 1 is 1.14 bits per heavy atom. The number of piperazine rings is 1. The highest BCUT2D eigenvalue weighted by atomic mass is 32.1. The van der Waals surface area contributed by atoms with E-state index in [4.69, 9.17) is 0 Å². The molecule has 0 saturated carbocycles. The predicted octanol–water partition coefficient (Wildman–Crippen LogP) is 4.25. The zero-order valence-corrected chi connectivity index (χ0v) is 16.1. The fraction of sp³-hybridized carbons (Fsp3) is 0.389. The van der Waals surface area contributed by atoms with E-state index in [1.807, 2.05) is 19.9 Å². The topological polar surface area (TPSA) is 66.7 Å². The molecular formula is C18H18F3N3O3S. The lowest BCUT2D eigenvalue weighted by Crippen LogP contribution is -2.48. The number of nitro benzene ring substituents is 1. The third-order valence-electron chi connectivity index (χ3n) is 4.78. The van der Waals surface area contributed by atoms with Crippen LogP contribution in [0.25, 0.3) is 0 Å². The first-order chi connectivity index (χ1) is 13.1. The van der Waals surface area contributed by atoms with Crippen LogP contribution in [0.4, 0.5) is 24.5 Å². The monoisotopic (exact) mass is 413 g/mol. The van der Waals surface area contributed by atoms with E-state index in [1.165, 1.54) is 11.3 Å². The van der Waals surface area contributed by atoms with Gasteiger partial charge in [0.1, 0.15) is 5.69 Å². The first-order valence-electron chi connectivity index (χ1n) is 8.55. The molecule has 1 aromatic heterocycles. The number of hydrogen-bond acceptors (Lipinski definition) is 5. The number of benzene rings is 1. The molecule has 150 valence electrons. The number of alkyl halides is 3. The van der Waals surface area contributed by atoms with Crippen molar-refractivity contribution < 1.29 is 22.9 Å². The second-order valence-electron chi connectivity index (χ2n) is 6.59. The van der Waals surface area contributed by atoms with E-state index < -0.39 is 22.4 Å². The van der Waals surface area contributed by atoms with Crippen molar-refractivity contribution in [2.45, 2.75) is 20.0 Å². The molecule has 1 fully saturated rings. The van der Waals surface area contributed by atoms with Gasteiger partial charge in [-0.25, -0.2) is 0 Å². The number of carbonyl (C=O) groups excluding carboxylic acids is 1. The molecule has 3 rings (SSSR count). The SMILES string of the molecule is Cc1cc(C(=O)N2CCN(c3ccc(C(F)(F)F)cc3[N+](=O)[O-])CC2)sc1C. The molecule has 10 heteroatoms. The van der Waals surface area contributed by atoms with Gasteiger partial charge in [0, 0.05) is 37.1 Å². The number of thiophene rings is 1. The molecule has 0 atom stereocenters. The van der Waals surface area contributed by atoms with Crippen molar-refractivity contribution in [3.05, 3.63) is 55.3 Å². The van der Waals surface area contributed by atoms with E-state index in [2.05, 4.69) is 0 Å². The molecule has 1 amide bonds. The van der Waals surface area contributed by atoms with E-state index >= 15 is 0 Å². The number of amides is 1. The van der Waals surface area contributed by atoms with E-state index in [9.17, 15) is 28.1 Å². The average Bonchev–Trinajstić information content (AvgIpc) is 2.98. The zero-order chi connectivity index (χ0) is 20.6. The van der Waals surface area contributed by atoms with E-state index in [1.54, 1.807) is 9.80 Å². The maximum atomic E-state index is 12.9. The first kappa shape index (κ1) is 20.1. The summed E-state index contributed by atoms with van der Waals surface area (Å²) >= 11 is 1.42. The molecule has 2 heterocycles. The third kappa shape index (κ3) is 3.96. The molecule has 0 unspecified atom stereocenters. The summed E-state index contributed by atoms with van der Waals surface area (Å²) in [5.74, 6) is -0.0947. The van der Waals surface area contributed by atoms with Crippen molar-refractivity contribution >= 4 is 28.6 Å². The molecule has 0 bridgehead atoms. The van der Waals surface area contributed by atoms with Crippen LogP contribution in [-0.4, -0.2) is 41.9 Å². The summed E-state index contributed by atoms with van der Waals surface area (Å²) in [5.41, 5.74) is -0.459. The van der Waals surface area contributed by atoms with Crippen molar-refractivity contribution in [3.63, 3.8) is 0 Å². The quantitative estimate of drug-likeness (QED) is 0.557. The molecule has 1 aromatic carbocycles. The summed E-state index contributed by atoms with van der Waals surface area (Å²) in [6, 6.07) is 4.38. The minimum Gasteiger partial charge on any atom is -0.362 e. The van der Waals surface area contributed by atoms with Crippen molar-refractivity contribution in [2.24, 2.45) is 0 Å². The number of halogens is 3. The van der Waals surface area contributed by atoms with Crippen LogP contribution in [0.5, 0.6) is 0 Å². The van der Waals surface area contributed by atoms with Gasteiger partial charge < -0.3 is 9.80 Å². The van der Waals surface area contributed by atoms with E-state index in [0.29, 0.717) is 37.1 Å². The van der Waals surface area contributed by atoms with Gasteiger partial charge in [-0.2, -0.15) is 13.2 Å². The van der Waals surface area contributed by atoms with Crippen LogP contribution in [0.1, 0.15) is 25.7 Å². The average molecular weight is 413 g/mol. The Hall–Kier alpha value is -2.62. The summed E-state index contributed by atoms with van der Waals surface area (Å²) in [6.07, 6.45) is -4.65. The third-order valence-corrected chi connectivity index (χ3v) is 5.92. The molecule has 6 nitrogen and oxygen atoms in total. The van der Waals surface area contributed by atoms with Crippen LogP contribution in [-0.2, 0) is 6.18 Å². The van der Waals surface area contributed by atoms with Crippen LogP contribution < -0.4 is 4.90 Å². The van der Waals surface area contributed by atoms with Crippen LogP contribution in [0.3, 0.4) is 0 Å². The normalized spacial score (nSPS) is 15.0. The van der Waals surface area contributed by atoms with Crippen molar-refractivity contribution in [1.29, 1.82) is 0 Å². The Bertz CT molecular complexity index is 899. The maximum absolute atomic E-state index is 12.9. The highest BCUT2D eigenvalue weighted by Crippen LogP contribution is 2.37. The van der Waals surface area contributed by atoms with Gasteiger partial charge in [-0.05, 0) is 37.6 Å². The lowest BCUT2D eigenvalue weighted by Gasteiger charge is -2.35. The molecule has 0 radical (unpaired) electrons. The van der Waals surface area contributed by atoms with Crippen molar-refractivity contribution in [2.75, 3.05) is 31.1 Å². The lowest BCUT2D eigenvalue weighted by atomic mass is 10.1. The molecule has 0 spiro atoms. The fourth-order valence-corrected chi connectivity index (χ4v) is 4.10. The first-order valence-corrected chi connectivity index (χ1v) is 9.36. The summed E-state index contributed by atoms with van der Waals surface area (Å²) in [6.45, 7) is 5.17. The summed E-state index contributed by atoms with van der Waals surface area (Å²) in [4.78, 5) is 28.1. The number of nitro groups is 1. The molecule has 1 aliphatic rings. The second-order valence-corrected chi connectivity index (χ2v) is 7.84. The van der Waals surface area contributed by atoms with Crippen LogP contribution in [0.2, 0.25) is 0 Å². The minimum absolute atomic E-state index is 0.0947. The van der Waals surface area contributed by atoms with Gasteiger partial charge in [0.25, 0.3) is 11.6 Å². The zero-order valence-electron chi connectivity index (χ0n) is 15.2. The Balaban J connectivity index is 1.76. The molecule has 1 saturated heterocycles. The number of nitrogens with zero attached hydrogens (tertiary/aromatic N) is 3. The smallest absolute Gasteiger partial charge is 0.362 e. The molecule has 1 aliphatic heterocycles. The number of aryl methyl sites for hydroxylation is 2. The molecular weight excluding hydrogens is 395 g/mol. The number of hydrogen-bond donors (Lipinski definition) is 0. The summed E-state index contributed by atoms with van der Waals surface area (Å²) < 4.78 is 38.6. The van der Waals surface area contributed by atoms with Gasteiger partial charge in [0.2, 0.25) is 0 Å². The van der Waals surface area contributed by atoms with Gasteiger partial charge >= 0.3 is 6.18 Å². The second kappa shape index (κ2) is 7.42. The minimum atomic E-state index is -4.65. The number of carbonyl (C=O) groups is 1. The largest absolute Gasteiger partial charge is 0.416 e. The summed E-state index contributed by atoms with van der Waals surface area (Å²) in [7, 11) is 0. The number of rotatable bonds is 3. The van der Waals surface area contributed by atoms with Crippen molar-refractivity contribution in [3.8, 4) is 0 Å². The predicted molar refractivity (Wildman–Crippen MR) is 100 cm³/mol. The maximum Gasteiger partial charge on any atom is 0.416 e. The molecule has 0 N–H and O–H groups in total. The Morgan fingerprint density at radius 3 is 2.29 bits per heavy atom. The van der Waals surface area contributed by atoms with Gasteiger partial charge in [-0.1, -0.05) is 0 Å². The van der Waals surface area contributed by atoms with Gasteiger partial charge in [0.05, 0.1) is 15.4 Å². The van der Waals surface area contributed by atoms with E-state index in [0.717, 1.165) is 22.6 Å².